The van der Waals surface area contributed by atoms with Crippen LogP contribution in [-0.2, 0) is 9.59 Å². The second-order valence-electron chi connectivity index (χ2n) is 6.91. The van der Waals surface area contributed by atoms with Crippen LogP contribution in [0.3, 0.4) is 0 Å². The average molecular weight is 339 g/mol. The van der Waals surface area contributed by atoms with Gasteiger partial charge < -0.3 is 20.6 Å². The molecule has 0 aromatic heterocycles. The van der Waals surface area contributed by atoms with Crippen LogP contribution in [0.5, 0.6) is 0 Å². The minimum Gasteiger partial charge on any atom is -0.481 e. The highest BCUT2D eigenvalue weighted by Crippen LogP contribution is 2.25. The molecule has 0 aromatic carbocycles. The van der Waals surface area contributed by atoms with Crippen LogP contribution in [-0.4, -0.2) is 54.1 Å². The van der Waals surface area contributed by atoms with Crippen molar-refractivity contribution in [2.45, 2.75) is 51.4 Å². The molecule has 7 heteroatoms. The fraction of sp³-hybridized carbons (Fsp3) is 0.824. The lowest BCUT2D eigenvalue weighted by atomic mass is 9.87. The predicted molar refractivity (Wildman–Crippen MR) is 89.5 cm³/mol. The second kappa shape index (κ2) is 9.49. The van der Waals surface area contributed by atoms with Crippen molar-refractivity contribution in [2.75, 3.05) is 26.2 Å². The fourth-order valence-electron chi connectivity index (χ4n) is 3.57. The Bertz CT molecular complexity index is 449. The van der Waals surface area contributed by atoms with Crippen LogP contribution < -0.4 is 10.6 Å². The summed E-state index contributed by atoms with van der Waals surface area (Å²) in [5.41, 5.74) is 0. The molecular formula is C17H29N3O4. The molecule has 1 heterocycles. The highest BCUT2D eigenvalue weighted by Gasteiger charge is 2.27. The molecule has 2 fully saturated rings. The van der Waals surface area contributed by atoms with Crippen LogP contribution in [0.15, 0.2) is 0 Å². The molecular weight excluding hydrogens is 310 g/mol. The van der Waals surface area contributed by atoms with E-state index in [-0.39, 0.29) is 18.5 Å². The van der Waals surface area contributed by atoms with Gasteiger partial charge in [-0.1, -0.05) is 19.3 Å². The van der Waals surface area contributed by atoms with Crippen molar-refractivity contribution in [2.24, 2.45) is 11.8 Å². The molecule has 1 aliphatic carbocycles. The van der Waals surface area contributed by atoms with Crippen LogP contribution in [0.25, 0.3) is 0 Å². The zero-order valence-electron chi connectivity index (χ0n) is 14.3. The van der Waals surface area contributed by atoms with E-state index in [1.54, 1.807) is 4.90 Å². The minimum absolute atomic E-state index is 0.0556. The van der Waals surface area contributed by atoms with E-state index in [2.05, 4.69) is 10.6 Å². The molecule has 24 heavy (non-hydrogen) atoms. The SMILES string of the molecule is O=C(CC1CCCCC1)NCCNC(=O)N1CCCC(C(=O)O)C1. The van der Waals surface area contributed by atoms with Crippen molar-refractivity contribution in [1.82, 2.24) is 15.5 Å². The van der Waals surface area contributed by atoms with Crippen molar-refractivity contribution in [1.29, 1.82) is 0 Å². The Morgan fingerprint density at radius 1 is 0.958 bits per heavy atom. The summed E-state index contributed by atoms with van der Waals surface area (Å²) in [7, 11) is 0. The fourth-order valence-corrected chi connectivity index (χ4v) is 3.57. The Morgan fingerprint density at radius 3 is 2.38 bits per heavy atom. The molecule has 0 radical (unpaired) electrons. The molecule has 2 rings (SSSR count). The van der Waals surface area contributed by atoms with Crippen molar-refractivity contribution in [3.63, 3.8) is 0 Å². The molecule has 0 aromatic rings. The van der Waals surface area contributed by atoms with E-state index in [4.69, 9.17) is 5.11 Å². The molecule has 1 aliphatic heterocycles. The van der Waals surface area contributed by atoms with Gasteiger partial charge in [-0.05, 0) is 31.6 Å². The molecule has 1 unspecified atom stereocenters. The molecule has 3 N–H and O–H groups in total. The molecule has 1 atom stereocenters. The van der Waals surface area contributed by atoms with Gasteiger partial charge in [-0.25, -0.2) is 4.79 Å². The van der Waals surface area contributed by atoms with Gasteiger partial charge in [-0.2, -0.15) is 0 Å². The van der Waals surface area contributed by atoms with Crippen LogP contribution >= 0.6 is 0 Å². The Labute approximate surface area is 143 Å². The Kier molecular flexibility index (Phi) is 7.34. The van der Waals surface area contributed by atoms with Crippen LogP contribution in [0.4, 0.5) is 4.79 Å². The van der Waals surface area contributed by atoms with E-state index in [0.717, 1.165) is 12.8 Å². The number of carbonyl (C=O) groups excluding carboxylic acids is 2. The number of likely N-dealkylation sites (tertiary alicyclic amines) is 1. The van der Waals surface area contributed by atoms with Gasteiger partial charge in [0.25, 0.3) is 0 Å². The Balaban J connectivity index is 1.58. The van der Waals surface area contributed by atoms with Crippen molar-refractivity contribution >= 4 is 17.9 Å². The minimum atomic E-state index is -0.845. The first-order valence-corrected chi connectivity index (χ1v) is 9.08. The number of amides is 3. The number of urea groups is 1. The number of carboxylic acids is 1. The highest BCUT2D eigenvalue weighted by molar-refractivity contribution is 5.77. The van der Waals surface area contributed by atoms with Crippen LogP contribution in [0.1, 0.15) is 51.4 Å². The van der Waals surface area contributed by atoms with Crippen molar-refractivity contribution in [3.05, 3.63) is 0 Å². The first kappa shape index (κ1) is 18.5. The monoisotopic (exact) mass is 339 g/mol. The van der Waals surface area contributed by atoms with E-state index in [1.165, 1.54) is 19.3 Å². The van der Waals surface area contributed by atoms with Gasteiger partial charge >= 0.3 is 12.0 Å². The molecule has 3 amide bonds. The third-order valence-electron chi connectivity index (χ3n) is 4.98. The number of carbonyl (C=O) groups is 3. The number of hydrogen-bond acceptors (Lipinski definition) is 3. The zero-order valence-corrected chi connectivity index (χ0v) is 14.3. The van der Waals surface area contributed by atoms with Gasteiger partial charge in [0.1, 0.15) is 0 Å². The summed E-state index contributed by atoms with van der Waals surface area (Å²) in [5, 5.41) is 14.6. The van der Waals surface area contributed by atoms with E-state index in [9.17, 15) is 14.4 Å². The maximum atomic E-state index is 12.0. The summed E-state index contributed by atoms with van der Waals surface area (Å²) in [6.07, 6.45) is 7.93. The number of aliphatic carboxylic acids is 1. The number of nitrogens with one attached hydrogen (secondary N) is 2. The molecule has 1 saturated heterocycles. The maximum Gasteiger partial charge on any atom is 0.317 e. The topological polar surface area (TPSA) is 98.7 Å². The first-order valence-electron chi connectivity index (χ1n) is 9.08. The third kappa shape index (κ3) is 6.02. The molecule has 7 nitrogen and oxygen atoms in total. The van der Waals surface area contributed by atoms with Gasteiger partial charge in [-0.3, -0.25) is 9.59 Å². The molecule has 0 spiro atoms. The maximum absolute atomic E-state index is 12.0. The van der Waals surface area contributed by atoms with Gasteiger partial charge in [0, 0.05) is 32.6 Å². The summed E-state index contributed by atoms with van der Waals surface area (Å²) < 4.78 is 0. The standard InChI is InChI=1S/C17H29N3O4/c21-15(11-13-5-2-1-3-6-13)18-8-9-19-17(24)20-10-4-7-14(12-20)16(22)23/h13-14H,1-12H2,(H,18,21)(H,19,24)(H,22,23). The highest BCUT2D eigenvalue weighted by atomic mass is 16.4. The van der Waals surface area contributed by atoms with E-state index in [1.807, 2.05) is 0 Å². The van der Waals surface area contributed by atoms with Gasteiger partial charge in [0.15, 0.2) is 0 Å². The summed E-state index contributed by atoms with van der Waals surface area (Å²) in [6.45, 7) is 1.62. The number of nitrogens with zero attached hydrogens (tertiary/aromatic N) is 1. The molecule has 2 aliphatic rings. The lowest BCUT2D eigenvalue weighted by Crippen LogP contribution is -2.48. The van der Waals surface area contributed by atoms with E-state index < -0.39 is 11.9 Å². The summed E-state index contributed by atoms with van der Waals surface area (Å²) in [4.78, 5) is 36.5. The smallest absolute Gasteiger partial charge is 0.317 e. The second-order valence-corrected chi connectivity index (χ2v) is 6.91. The van der Waals surface area contributed by atoms with E-state index >= 15 is 0 Å². The lowest BCUT2D eigenvalue weighted by Gasteiger charge is -2.30. The Morgan fingerprint density at radius 2 is 1.67 bits per heavy atom. The van der Waals surface area contributed by atoms with E-state index in [0.29, 0.717) is 44.8 Å². The third-order valence-corrected chi connectivity index (χ3v) is 4.98. The lowest BCUT2D eigenvalue weighted by molar-refractivity contribution is -0.143. The van der Waals surface area contributed by atoms with Crippen LogP contribution in [0.2, 0.25) is 0 Å². The number of piperidine rings is 1. The van der Waals surface area contributed by atoms with Gasteiger partial charge in [0.2, 0.25) is 5.91 Å². The summed E-state index contributed by atoms with van der Waals surface area (Å²) in [5.74, 6) is -0.753. The number of hydrogen-bond donors (Lipinski definition) is 3. The summed E-state index contributed by atoms with van der Waals surface area (Å²) >= 11 is 0. The Hall–Kier alpha value is -1.79. The predicted octanol–water partition coefficient (Wildman–Crippen LogP) is 1.58. The number of rotatable bonds is 6. The molecule has 1 saturated carbocycles. The largest absolute Gasteiger partial charge is 0.481 e. The van der Waals surface area contributed by atoms with Crippen LogP contribution in [0, 0.1) is 11.8 Å². The van der Waals surface area contributed by atoms with Crippen molar-refractivity contribution in [3.8, 4) is 0 Å². The average Bonchev–Trinajstić information content (AvgIpc) is 2.59. The molecule has 136 valence electrons. The normalized spacial score (nSPS) is 22.0. The zero-order chi connectivity index (χ0) is 17.4. The number of carboxylic acid groups (broad SMARTS) is 1. The molecule has 0 bridgehead atoms. The van der Waals surface area contributed by atoms with Gasteiger partial charge in [-0.15, -0.1) is 0 Å². The first-order chi connectivity index (χ1) is 11.6. The summed E-state index contributed by atoms with van der Waals surface area (Å²) in [6, 6.07) is -0.248. The van der Waals surface area contributed by atoms with Crippen molar-refractivity contribution < 1.29 is 19.5 Å². The quantitative estimate of drug-likeness (QED) is 0.640. The van der Waals surface area contributed by atoms with Gasteiger partial charge in [0.05, 0.1) is 5.92 Å².